The second kappa shape index (κ2) is 7.30. The van der Waals surface area contributed by atoms with Gasteiger partial charge in [0.1, 0.15) is 11.3 Å². The first kappa shape index (κ1) is 17.5. The molecule has 0 N–H and O–H groups in total. The molecule has 25 heavy (non-hydrogen) atoms. The zero-order valence-electron chi connectivity index (χ0n) is 15.0. The molecule has 1 aromatic carbocycles. The molecular formula is C20H24O5. The van der Waals surface area contributed by atoms with Crippen molar-refractivity contribution in [3.05, 3.63) is 39.2 Å². The summed E-state index contributed by atoms with van der Waals surface area (Å²) in [6, 6.07) is 3.76. The fourth-order valence-electron chi connectivity index (χ4n) is 3.26. The lowest BCUT2D eigenvalue weighted by atomic mass is 10.0. The minimum atomic E-state index is -0.714. The van der Waals surface area contributed by atoms with Crippen LogP contribution in [-0.2, 0) is 22.4 Å². The summed E-state index contributed by atoms with van der Waals surface area (Å²) in [5.74, 6) is 0.150. The third-order valence-corrected chi connectivity index (χ3v) is 4.72. The zero-order valence-corrected chi connectivity index (χ0v) is 15.0. The van der Waals surface area contributed by atoms with E-state index in [-0.39, 0.29) is 11.6 Å². The Balaban J connectivity index is 1.86. The molecule has 2 aromatic rings. The Hall–Kier alpha value is -2.30. The minimum absolute atomic E-state index is 0.257. The highest BCUT2D eigenvalue weighted by Gasteiger charge is 2.23. The lowest BCUT2D eigenvalue weighted by molar-refractivity contribution is -0.151. The first-order valence-corrected chi connectivity index (χ1v) is 8.94. The van der Waals surface area contributed by atoms with Gasteiger partial charge in [0.05, 0.1) is 6.61 Å². The van der Waals surface area contributed by atoms with E-state index in [2.05, 4.69) is 0 Å². The number of hydrogen-bond acceptors (Lipinski definition) is 5. The van der Waals surface area contributed by atoms with E-state index in [1.807, 2.05) is 26.0 Å². The molecule has 0 bridgehead atoms. The molecule has 134 valence electrons. The van der Waals surface area contributed by atoms with Gasteiger partial charge in [0.2, 0.25) is 0 Å². The van der Waals surface area contributed by atoms with Gasteiger partial charge in [-0.3, -0.25) is 0 Å². The SMILES string of the molecule is CCCCOC(=O)[C@H](C)Oc1ccc2c3c(c(=O)oc2c1C)CCC3. The van der Waals surface area contributed by atoms with Crippen molar-refractivity contribution in [2.24, 2.45) is 0 Å². The van der Waals surface area contributed by atoms with Gasteiger partial charge in [0, 0.05) is 16.5 Å². The smallest absolute Gasteiger partial charge is 0.347 e. The number of aryl methyl sites for hydroxylation is 2. The van der Waals surface area contributed by atoms with E-state index in [1.165, 1.54) is 0 Å². The van der Waals surface area contributed by atoms with Crippen molar-refractivity contribution in [2.45, 2.75) is 59.0 Å². The molecule has 0 saturated carbocycles. The number of carbonyl (C=O) groups is 1. The molecule has 0 fully saturated rings. The van der Waals surface area contributed by atoms with E-state index in [0.717, 1.165) is 54.2 Å². The van der Waals surface area contributed by atoms with Gasteiger partial charge in [-0.05, 0) is 57.2 Å². The number of unbranched alkanes of at least 4 members (excludes halogenated alkanes) is 1. The lowest BCUT2D eigenvalue weighted by Crippen LogP contribution is -2.26. The van der Waals surface area contributed by atoms with Crippen molar-refractivity contribution in [3.63, 3.8) is 0 Å². The number of fused-ring (bicyclic) bond motifs is 3. The maximum Gasteiger partial charge on any atom is 0.347 e. The third kappa shape index (κ3) is 3.41. The van der Waals surface area contributed by atoms with E-state index in [0.29, 0.717) is 17.9 Å². The maximum atomic E-state index is 12.2. The van der Waals surface area contributed by atoms with E-state index >= 15 is 0 Å². The van der Waals surface area contributed by atoms with Crippen molar-refractivity contribution in [1.29, 1.82) is 0 Å². The predicted molar refractivity (Wildman–Crippen MR) is 95.2 cm³/mol. The van der Waals surface area contributed by atoms with Gasteiger partial charge in [0.15, 0.2) is 6.10 Å². The fraction of sp³-hybridized carbons (Fsp3) is 0.500. The highest BCUT2D eigenvalue weighted by Crippen LogP contribution is 2.33. The highest BCUT2D eigenvalue weighted by molar-refractivity contribution is 5.86. The van der Waals surface area contributed by atoms with E-state index < -0.39 is 6.10 Å². The molecule has 0 radical (unpaired) electrons. The average Bonchev–Trinajstić information content (AvgIpc) is 3.08. The number of ether oxygens (including phenoxy) is 2. The second-order valence-corrected chi connectivity index (χ2v) is 6.55. The Kier molecular flexibility index (Phi) is 5.11. The van der Waals surface area contributed by atoms with Crippen LogP contribution >= 0.6 is 0 Å². The van der Waals surface area contributed by atoms with Crippen molar-refractivity contribution in [2.75, 3.05) is 6.61 Å². The molecule has 0 amide bonds. The van der Waals surface area contributed by atoms with Gasteiger partial charge >= 0.3 is 11.6 Å². The van der Waals surface area contributed by atoms with Crippen LogP contribution in [-0.4, -0.2) is 18.7 Å². The van der Waals surface area contributed by atoms with Crippen LogP contribution in [0.3, 0.4) is 0 Å². The van der Waals surface area contributed by atoms with Gasteiger partial charge in [-0.1, -0.05) is 13.3 Å². The van der Waals surface area contributed by atoms with Crippen molar-refractivity contribution >= 4 is 16.9 Å². The zero-order chi connectivity index (χ0) is 18.0. The van der Waals surface area contributed by atoms with Crippen molar-refractivity contribution < 1.29 is 18.7 Å². The molecule has 1 heterocycles. The van der Waals surface area contributed by atoms with Crippen LogP contribution in [0, 0.1) is 6.92 Å². The number of carbonyl (C=O) groups excluding carboxylic acids is 1. The largest absolute Gasteiger partial charge is 0.479 e. The second-order valence-electron chi connectivity index (χ2n) is 6.55. The van der Waals surface area contributed by atoms with Gasteiger partial charge < -0.3 is 13.9 Å². The Labute approximate surface area is 146 Å². The molecule has 0 saturated heterocycles. The van der Waals surface area contributed by atoms with Crippen LogP contribution < -0.4 is 10.4 Å². The molecule has 1 atom stereocenters. The molecule has 3 rings (SSSR count). The molecule has 0 spiro atoms. The van der Waals surface area contributed by atoms with Gasteiger partial charge in [0.25, 0.3) is 0 Å². The molecule has 1 aliphatic carbocycles. The van der Waals surface area contributed by atoms with Crippen LogP contribution in [0.4, 0.5) is 0 Å². The van der Waals surface area contributed by atoms with Crippen LogP contribution in [0.1, 0.15) is 49.8 Å². The molecule has 0 unspecified atom stereocenters. The molecule has 1 aliphatic rings. The number of hydrogen-bond donors (Lipinski definition) is 0. The van der Waals surface area contributed by atoms with E-state index in [9.17, 15) is 9.59 Å². The number of esters is 1. The summed E-state index contributed by atoms with van der Waals surface area (Å²) in [4.78, 5) is 24.2. The lowest BCUT2D eigenvalue weighted by Gasteiger charge is -2.16. The summed E-state index contributed by atoms with van der Waals surface area (Å²) in [5, 5.41) is 0.968. The summed E-state index contributed by atoms with van der Waals surface area (Å²) >= 11 is 0. The number of benzene rings is 1. The quantitative estimate of drug-likeness (QED) is 0.454. The Morgan fingerprint density at radius 2 is 2.04 bits per heavy atom. The third-order valence-electron chi connectivity index (χ3n) is 4.72. The Morgan fingerprint density at radius 3 is 2.80 bits per heavy atom. The van der Waals surface area contributed by atoms with Gasteiger partial charge in [-0.15, -0.1) is 0 Å². The molecule has 1 aromatic heterocycles. The minimum Gasteiger partial charge on any atom is -0.479 e. The van der Waals surface area contributed by atoms with E-state index in [4.69, 9.17) is 13.9 Å². The van der Waals surface area contributed by atoms with Gasteiger partial charge in [-0.25, -0.2) is 9.59 Å². The highest BCUT2D eigenvalue weighted by atomic mass is 16.6. The Bertz CT molecular complexity index is 849. The topological polar surface area (TPSA) is 65.7 Å². The molecule has 0 aliphatic heterocycles. The normalized spacial score (nSPS) is 14.4. The van der Waals surface area contributed by atoms with Crippen LogP contribution in [0.25, 0.3) is 11.0 Å². The fourth-order valence-corrected chi connectivity index (χ4v) is 3.26. The van der Waals surface area contributed by atoms with Crippen molar-refractivity contribution in [3.8, 4) is 5.75 Å². The molecular weight excluding hydrogens is 320 g/mol. The first-order valence-electron chi connectivity index (χ1n) is 8.94. The average molecular weight is 344 g/mol. The van der Waals surface area contributed by atoms with Crippen molar-refractivity contribution in [1.82, 2.24) is 0 Å². The maximum absolute atomic E-state index is 12.2. The predicted octanol–water partition coefficient (Wildman–Crippen LogP) is 3.70. The van der Waals surface area contributed by atoms with Crippen LogP contribution in [0.2, 0.25) is 0 Å². The van der Waals surface area contributed by atoms with Crippen LogP contribution in [0.5, 0.6) is 5.75 Å². The molecule has 5 heteroatoms. The summed E-state index contributed by atoms with van der Waals surface area (Å²) in [6.07, 6.45) is 3.76. The van der Waals surface area contributed by atoms with Crippen LogP contribution in [0.15, 0.2) is 21.3 Å². The summed E-state index contributed by atoms with van der Waals surface area (Å²) in [5.41, 5.74) is 2.92. The first-order chi connectivity index (χ1) is 12.0. The summed E-state index contributed by atoms with van der Waals surface area (Å²) in [7, 11) is 0. The Morgan fingerprint density at radius 1 is 1.28 bits per heavy atom. The van der Waals surface area contributed by atoms with E-state index in [1.54, 1.807) is 6.92 Å². The number of rotatable bonds is 6. The molecule has 5 nitrogen and oxygen atoms in total. The monoisotopic (exact) mass is 344 g/mol. The van der Waals surface area contributed by atoms with Gasteiger partial charge in [-0.2, -0.15) is 0 Å². The standard InChI is InChI=1S/C20H24O5/c1-4-5-11-23-19(21)13(3)24-17-10-9-15-14-7-6-8-16(14)20(22)25-18(15)12(17)2/h9-10,13H,4-8,11H2,1-3H3/t13-/m0/s1. The summed E-state index contributed by atoms with van der Waals surface area (Å²) in [6.45, 7) is 5.95. The summed E-state index contributed by atoms with van der Waals surface area (Å²) < 4.78 is 16.5.